The van der Waals surface area contributed by atoms with Crippen LogP contribution in [0.25, 0.3) is 0 Å². The lowest BCUT2D eigenvalue weighted by atomic mass is 9.73. The third-order valence-corrected chi connectivity index (χ3v) is 2.56. The van der Waals surface area contributed by atoms with Crippen LogP contribution in [0.4, 0.5) is 0 Å². The van der Waals surface area contributed by atoms with Gasteiger partial charge in [-0.3, -0.25) is 4.98 Å². The smallest absolute Gasteiger partial charge is 0.111 e. The van der Waals surface area contributed by atoms with Crippen LogP contribution in [0.1, 0.15) is 31.5 Å². The van der Waals surface area contributed by atoms with E-state index in [0.29, 0.717) is 5.92 Å². The van der Waals surface area contributed by atoms with Gasteiger partial charge in [-0.05, 0) is 24.0 Å². The Labute approximate surface area is 78.6 Å². The number of rotatable bonds is 2. The van der Waals surface area contributed by atoms with Gasteiger partial charge >= 0.3 is 0 Å². The van der Waals surface area contributed by atoms with Gasteiger partial charge < -0.3 is 5.11 Å². The summed E-state index contributed by atoms with van der Waals surface area (Å²) in [6, 6.07) is 3.96. The lowest BCUT2D eigenvalue weighted by Crippen LogP contribution is -2.40. The Morgan fingerprint density at radius 3 is 3.00 bits per heavy atom. The maximum absolute atomic E-state index is 10.2. The van der Waals surface area contributed by atoms with Crippen LogP contribution in [0.3, 0.4) is 0 Å². The summed E-state index contributed by atoms with van der Waals surface area (Å²) >= 11 is 0. The molecule has 0 saturated heterocycles. The average Bonchev–Trinajstić information content (AvgIpc) is 2.02. The maximum Gasteiger partial charge on any atom is 0.111 e. The zero-order valence-electron chi connectivity index (χ0n) is 8.12. The highest BCUT2D eigenvalue weighted by atomic mass is 16.3. The molecule has 0 fully saturated rings. The van der Waals surface area contributed by atoms with Crippen molar-refractivity contribution in [2.24, 2.45) is 5.92 Å². The van der Waals surface area contributed by atoms with E-state index in [1.165, 1.54) is 5.56 Å². The van der Waals surface area contributed by atoms with E-state index >= 15 is 0 Å². The van der Waals surface area contributed by atoms with Crippen molar-refractivity contribution in [3.05, 3.63) is 29.6 Å². The second-order valence-electron chi connectivity index (χ2n) is 4.32. The zero-order chi connectivity index (χ0) is 9.47. The van der Waals surface area contributed by atoms with Gasteiger partial charge in [-0.1, -0.05) is 19.9 Å². The summed E-state index contributed by atoms with van der Waals surface area (Å²) < 4.78 is 0. The number of hydrogen-bond acceptors (Lipinski definition) is 2. The van der Waals surface area contributed by atoms with Gasteiger partial charge in [-0.15, -0.1) is 0 Å². The minimum atomic E-state index is -0.634. The predicted molar refractivity (Wildman–Crippen MR) is 51.3 cm³/mol. The van der Waals surface area contributed by atoms with Crippen molar-refractivity contribution in [1.29, 1.82) is 0 Å². The van der Waals surface area contributed by atoms with Gasteiger partial charge in [-0.2, -0.15) is 0 Å². The molecule has 0 radical (unpaired) electrons. The predicted octanol–water partition coefficient (Wildman–Crippen LogP) is 1.87. The van der Waals surface area contributed by atoms with Gasteiger partial charge in [0.15, 0.2) is 0 Å². The molecular formula is C11H15NO. The van der Waals surface area contributed by atoms with E-state index < -0.39 is 5.60 Å². The van der Waals surface area contributed by atoms with Crippen LogP contribution < -0.4 is 0 Å². The van der Waals surface area contributed by atoms with Gasteiger partial charge in [0, 0.05) is 12.6 Å². The topological polar surface area (TPSA) is 33.1 Å². The molecule has 0 saturated carbocycles. The minimum Gasteiger partial charge on any atom is -0.383 e. The van der Waals surface area contributed by atoms with E-state index in [2.05, 4.69) is 18.8 Å². The van der Waals surface area contributed by atoms with Crippen LogP contribution in [0.5, 0.6) is 0 Å². The summed E-state index contributed by atoms with van der Waals surface area (Å²) in [6.07, 6.45) is 3.34. The lowest BCUT2D eigenvalue weighted by molar-refractivity contribution is -0.0126. The Kier molecular flexibility index (Phi) is 1.88. The molecule has 0 spiro atoms. The molecule has 0 amide bonds. The first-order valence-corrected chi connectivity index (χ1v) is 4.78. The quantitative estimate of drug-likeness (QED) is 0.748. The number of nitrogens with zero attached hydrogens (tertiary/aromatic N) is 1. The molecule has 1 aromatic rings. The van der Waals surface area contributed by atoms with Gasteiger partial charge in [0.25, 0.3) is 0 Å². The van der Waals surface area contributed by atoms with E-state index in [0.717, 1.165) is 18.5 Å². The van der Waals surface area contributed by atoms with Crippen LogP contribution in [-0.4, -0.2) is 10.1 Å². The van der Waals surface area contributed by atoms with Crippen molar-refractivity contribution in [3.63, 3.8) is 0 Å². The summed E-state index contributed by atoms with van der Waals surface area (Å²) in [6.45, 7) is 4.25. The van der Waals surface area contributed by atoms with E-state index in [9.17, 15) is 5.11 Å². The molecule has 1 aliphatic rings. The Morgan fingerprint density at radius 1 is 1.62 bits per heavy atom. The highest BCUT2D eigenvalue weighted by molar-refractivity contribution is 5.36. The standard InChI is InChI=1S/C11H15NO/c1-8(2)6-11(13)7-9-4-3-5-12-10(9)11/h3-5,8,13H,6-7H2,1-2H3. The number of pyridine rings is 1. The highest BCUT2D eigenvalue weighted by Crippen LogP contribution is 2.41. The van der Waals surface area contributed by atoms with E-state index in [1.807, 2.05) is 12.1 Å². The third kappa shape index (κ3) is 1.35. The van der Waals surface area contributed by atoms with Gasteiger partial charge in [-0.25, -0.2) is 0 Å². The summed E-state index contributed by atoms with van der Waals surface area (Å²) in [4.78, 5) is 4.22. The van der Waals surface area contributed by atoms with Crippen molar-refractivity contribution < 1.29 is 5.11 Å². The van der Waals surface area contributed by atoms with E-state index in [-0.39, 0.29) is 0 Å². The summed E-state index contributed by atoms with van der Waals surface area (Å²) in [5, 5.41) is 10.2. The molecule has 0 bridgehead atoms. The first-order valence-electron chi connectivity index (χ1n) is 4.78. The number of aliphatic hydroxyl groups is 1. The fourth-order valence-corrected chi connectivity index (χ4v) is 2.14. The van der Waals surface area contributed by atoms with E-state index in [1.54, 1.807) is 6.20 Å². The molecule has 0 aromatic carbocycles. The average molecular weight is 177 g/mol. The molecule has 1 aromatic heterocycles. The molecule has 70 valence electrons. The molecule has 2 heteroatoms. The van der Waals surface area contributed by atoms with Gasteiger partial charge in [0.1, 0.15) is 5.60 Å². The first-order chi connectivity index (χ1) is 6.12. The number of aromatic nitrogens is 1. The van der Waals surface area contributed by atoms with Crippen molar-refractivity contribution in [1.82, 2.24) is 4.98 Å². The fourth-order valence-electron chi connectivity index (χ4n) is 2.14. The monoisotopic (exact) mass is 177 g/mol. The second kappa shape index (κ2) is 2.81. The normalized spacial score (nSPS) is 25.5. The van der Waals surface area contributed by atoms with Crippen LogP contribution in [-0.2, 0) is 12.0 Å². The SMILES string of the molecule is CC(C)CC1(O)Cc2cccnc21. The van der Waals surface area contributed by atoms with Gasteiger partial charge in [0.2, 0.25) is 0 Å². The van der Waals surface area contributed by atoms with Crippen molar-refractivity contribution in [2.45, 2.75) is 32.3 Å². The van der Waals surface area contributed by atoms with Gasteiger partial charge in [0.05, 0.1) is 5.69 Å². The Hall–Kier alpha value is -0.890. The number of hydrogen-bond donors (Lipinski definition) is 1. The Bertz CT molecular complexity index is 322. The van der Waals surface area contributed by atoms with Crippen molar-refractivity contribution >= 4 is 0 Å². The molecule has 1 aliphatic carbocycles. The molecule has 2 rings (SSSR count). The summed E-state index contributed by atoms with van der Waals surface area (Å²) in [7, 11) is 0. The Balaban J connectivity index is 2.24. The van der Waals surface area contributed by atoms with E-state index in [4.69, 9.17) is 0 Å². The molecular weight excluding hydrogens is 162 g/mol. The Morgan fingerprint density at radius 2 is 2.38 bits per heavy atom. The van der Waals surface area contributed by atoms with Crippen molar-refractivity contribution in [3.8, 4) is 0 Å². The molecule has 2 nitrogen and oxygen atoms in total. The summed E-state index contributed by atoms with van der Waals surface area (Å²) in [5.74, 6) is 0.514. The molecule has 1 N–H and O–H groups in total. The first kappa shape index (κ1) is 8.70. The van der Waals surface area contributed by atoms with Crippen LogP contribution in [0.2, 0.25) is 0 Å². The van der Waals surface area contributed by atoms with Crippen molar-refractivity contribution in [2.75, 3.05) is 0 Å². The molecule has 1 heterocycles. The maximum atomic E-state index is 10.2. The lowest BCUT2D eigenvalue weighted by Gasteiger charge is -2.39. The van der Waals surface area contributed by atoms with Crippen LogP contribution >= 0.6 is 0 Å². The van der Waals surface area contributed by atoms with Crippen LogP contribution in [0, 0.1) is 5.92 Å². The van der Waals surface area contributed by atoms with Crippen LogP contribution in [0.15, 0.2) is 18.3 Å². The minimum absolute atomic E-state index is 0.514. The largest absolute Gasteiger partial charge is 0.383 e. The molecule has 13 heavy (non-hydrogen) atoms. The third-order valence-electron chi connectivity index (χ3n) is 2.56. The molecule has 1 unspecified atom stereocenters. The highest BCUT2D eigenvalue weighted by Gasteiger charge is 2.42. The zero-order valence-corrected chi connectivity index (χ0v) is 8.12. The molecule has 1 atom stereocenters. The number of fused-ring (bicyclic) bond motifs is 1. The second-order valence-corrected chi connectivity index (χ2v) is 4.32. The summed E-state index contributed by atoms with van der Waals surface area (Å²) in [5.41, 5.74) is 1.46. The fraction of sp³-hybridized carbons (Fsp3) is 0.545. The molecule has 0 aliphatic heterocycles.